The summed E-state index contributed by atoms with van der Waals surface area (Å²) in [7, 11) is 0. The molecular weight excluding hydrogens is 258 g/mol. The normalized spacial score (nSPS) is 10.5. The summed E-state index contributed by atoms with van der Waals surface area (Å²) in [4.78, 5) is 15.3. The number of carboxylic acids is 1. The van der Waals surface area contributed by atoms with Crippen molar-refractivity contribution < 1.29 is 14.6 Å². The molecule has 0 saturated carbocycles. The van der Waals surface area contributed by atoms with Gasteiger partial charge in [0.15, 0.2) is 5.75 Å². The molecule has 2 rings (SSSR count). The van der Waals surface area contributed by atoms with E-state index in [4.69, 9.17) is 9.84 Å². The number of pyridine rings is 1. The van der Waals surface area contributed by atoms with Crippen LogP contribution in [-0.2, 0) is 13.0 Å². The lowest BCUT2D eigenvalue weighted by molar-refractivity contribution is 0.0696. The number of aryl methyl sites for hydroxylation is 2. The van der Waals surface area contributed by atoms with E-state index in [1.54, 1.807) is 23.1 Å². The van der Waals surface area contributed by atoms with E-state index in [1.165, 1.54) is 6.07 Å². The number of carboxylic acid groups (broad SMARTS) is 1. The average molecular weight is 275 g/mol. The van der Waals surface area contributed by atoms with Crippen LogP contribution < -0.4 is 4.74 Å². The fourth-order valence-electron chi connectivity index (χ4n) is 1.79. The molecule has 0 spiro atoms. The Morgan fingerprint density at radius 3 is 2.85 bits per heavy atom. The highest BCUT2D eigenvalue weighted by atomic mass is 16.5. The van der Waals surface area contributed by atoms with E-state index in [0.717, 1.165) is 13.0 Å². The van der Waals surface area contributed by atoms with Gasteiger partial charge >= 0.3 is 5.97 Å². The molecule has 0 radical (unpaired) electrons. The molecule has 2 aromatic rings. The lowest BCUT2D eigenvalue weighted by atomic mass is 10.2. The lowest BCUT2D eigenvalue weighted by Crippen LogP contribution is -2.01. The lowest BCUT2D eigenvalue weighted by Gasteiger charge is -2.05. The number of aromatic carboxylic acids is 1. The fraction of sp³-hybridized carbons (Fsp3) is 0.357. The average Bonchev–Trinajstić information content (AvgIpc) is 2.86. The highest BCUT2D eigenvalue weighted by molar-refractivity contribution is 5.88. The summed E-state index contributed by atoms with van der Waals surface area (Å²) in [5.41, 5.74) is 0.855. The monoisotopic (exact) mass is 275 g/mol. The molecule has 0 bridgehead atoms. The van der Waals surface area contributed by atoms with Gasteiger partial charge in [-0.2, -0.15) is 5.10 Å². The standard InChI is InChI=1S/C14H17N3O3/c1-3-5-17-9-12(8-15-17)20-13-7-10(14(18)19)6-11(4-2)16-13/h6-9H,3-5H2,1-2H3,(H,18,19). The minimum absolute atomic E-state index is 0.174. The summed E-state index contributed by atoms with van der Waals surface area (Å²) in [5.74, 6) is -0.165. The summed E-state index contributed by atoms with van der Waals surface area (Å²) < 4.78 is 7.36. The number of nitrogens with zero attached hydrogens (tertiary/aromatic N) is 3. The van der Waals surface area contributed by atoms with E-state index >= 15 is 0 Å². The topological polar surface area (TPSA) is 77.2 Å². The van der Waals surface area contributed by atoms with Crippen molar-refractivity contribution in [1.29, 1.82) is 0 Å². The Hall–Kier alpha value is -2.37. The zero-order valence-corrected chi connectivity index (χ0v) is 11.5. The maximum atomic E-state index is 11.1. The van der Waals surface area contributed by atoms with Crippen molar-refractivity contribution >= 4 is 5.97 Å². The highest BCUT2D eigenvalue weighted by Crippen LogP contribution is 2.21. The largest absolute Gasteiger partial charge is 0.478 e. The molecule has 106 valence electrons. The van der Waals surface area contributed by atoms with Gasteiger partial charge in [0.25, 0.3) is 0 Å². The molecule has 2 aromatic heterocycles. The zero-order chi connectivity index (χ0) is 14.5. The summed E-state index contributed by atoms with van der Waals surface area (Å²) in [6.07, 6.45) is 4.99. The van der Waals surface area contributed by atoms with Crippen molar-refractivity contribution in [1.82, 2.24) is 14.8 Å². The van der Waals surface area contributed by atoms with Crippen molar-refractivity contribution in [2.45, 2.75) is 33.2 Å². The Bertz CT molecular complexity index is 607. The Balaban J connectivity index is 2.22. The molecule has 20 heavy (non-hydrogen) atoms. The van der Waals surface area contributed by atoms with E-state index < -0.39 is 5.97 Å². The van der Waals surface area contributed by atoms with Crippen LogP contribution in [0, 0.1) is 0 Å². The molecule has 0 fully saturated rings. The van der Waals surface area contributed by atoms with Gasteiger partial charge in [0.2, 0.25) is 5.88 Å². The predicted octanol–water partition coefficient (Wildman–Crippen LogP) is 2.74. The van der Waals surface area contributed by atoms with Crippen molar-refractivity contribution in [2.24, 2.45) is 0 Å². The summed E-state index contributed by atoms with van der Waals surface area (Å²) in [6, 6.07) is 2.97. The van der Waals surface area contributed by atoms with E-state index in [2.05, 4.69) is 17.0 Å². The van der Waals surface area contributed by atoms with E-state index in [-0.39, 0.29) is 11.4 Å². The Labute approximate surface area is 117 Å². The van der Waals surface area contributed by atoms with E-state index in [0.29, 0.717) is 17.9 Å². The number of hydrogen-bond donors (Lipinski definition) is 1. The van der Waals surface area contributed by atoms with Gasteiger partial charge in [0, 0.05) is 18.3 Å². The van der Waals surface area contributed by atoms with Crippen molar-refractivity contribution in [3.05, 3.63) is 35.8 Å². The van der Waals surface area contributed by atoms with Gasteiger partial charge in [0.05, 0.1) is 18.0 Å². The van der Waals surface area contributed by atoms with E-state index in [9.17, 15) is 4.79 Å². The molecule has 0 aromatic carbocycles. The predicted molar refractivity (Wildman–Crippen MR) is 73.2 cm³/mol. The zero-order valence-electron chi connectivity index (χ0n) is 11.5. The molecule has 0 amide bonds. The molecule has 0 unspecified atom stereocenters. The molecule has 1 N–H and O–H groups in total. The SMILES string of the molecule is CCCn1cc(Oc2cc(C(=O)O)cc(CC)n2)cn1. The Morgan fingerprint density at radius 2 is 2.20 bits per heavy atom. The van der Waals surface area contributed by atoms with Crippen LogP contribution in [0.2, 0.25) is 0 Å². The molecule has 6 heteroatoms. The van der Waals surface area contributed by atoms with E-state index in [1.807, 2.05) is 6.92 Å². The fourth-order valence-corrected chi connectivity index (χ4v) is 1.79. The number of aromatic nitrogens is 3. The second-order valence-corrected chi connectivity index (χ2v) is 4.39. The van der Waals surface area contributed by atoms with Gasteiger partial charge in [-0.25, -0.2) is 9.78 Å². The first-order valence-corrected chi connectivity index (χ1v) is 6.57. The van der Waals surface area contributed by atoms with Crippen LogP contribution in [0.15, 0.2) is 24.5 Å². The van der Waals surface area contributed by atoms with Crippen LogP contribution in [0.25, 0.3) is 0 Å². The molecule has 0 atom stereocenters. The van der Waals surface area contributed by atoms with Crippen LogP contribution >= 0.6 is 0 Å². The van der Waals surface area contributed by atoms with Crippen molar-refractivity contribution in [3.8, 4) is 11.6 Å². The quantitative estimate of drug-likeness (QED) is 0.877. The first kappa shape index (κ1) is 14.0. The van der Waals surface area contributed by atoms with Crippen molar-refractivity contribution in [2.75, 3.05) is 0 Å². The summed E-state index contributed by atoms with van der Waals surface area (Å²) in [6.45, 7) is 4.79. The van der Waals surface area contributed by atoms with Crippen LogP contribution in [-0.4, -0.2) is 25.8 Å². The number of hydrogen-bond acceptors (Lipinski definition) is 4. The molecule has 0 aliphatic rings. The van der Waals surface area contributed by atoms with Crippen LogP contribution in [0.5, 0.6) is 11.6 Å². The molecular formula is C14H17N3O3. The summed E-state index contributed by atoms with van der Waals surface area (Å²) in [5, 5.41) is 13.2. The van der Waals surface area contributed by atoms with Gasteiger partial charge in [-0.05, 0) is 18.9 Å². The second-order valence-electron chi connectivity index (χ2n) is 4.39. The first-order chi connectivity index (χ1) is 9.62. The second kappa shape index (κ2) is 6.18. The van der Waals surface area contributed by atoms with Crippen LogP contribution in [0.3, 0.4) is 0 Å². The number of rotatable bonds is 6. The number of ether oxygens (including phenoxy) is 1. The van der Waals surface area contributed by atoms with Crippen molar-refractivity contribution in [3.63, 3.8) is 0 Å². The smallest absolute Gasteiger partial charge is 0.335 e. The third-order valence-electron chi connectivity index (χ3n) is 2.75. The van der Waals surface area contributed by atoms with Gasteiger partial charge in [-0.3, -0.25) is 4.68 Å². The summed E-state index contributed by atoms with van der Waals surface area (Å²) >= 11 is 0. The highest BCUT2D eigenvalue weighted by Gasteiger charge is 2.10. The minimum atomic E-state index is -0.992. The molecule has 6 nitrogen and oxygen atoms in total. The Kier molecular flexibility index (Phi) is 4.34. The molecule has 2 heterocycles. The van der Waals surface area contributed by atoms with Gasteiger partial charge in [0.1, 0.15) is 0 Å². The maximum absolute atomic E-state index is 11.1. The third kappa shape index (κ3) is 3.34. The third-order valence-corrected chi connectivity index (χ3v) is 2.75. The molecule has 0 saturated heterocycles. The molecule has 0 aliphatic heterocycles. The van der Waals surface area contributed by atoms with Gasteiger partial charge in [-0.15, -0.1) is 0 Å². The maximum Gasteiger partial charge on any atom is 0.335 e. The van der Waals surface area contributed by atoms with Gasteiger partial charge < -0.3 is 9.84 Å². The molecule has 0 aliphatic carbocycles. The number of carbonyl (C=O) groups is 1. The minimum Gasteiger partial charge on any atom is -0.478 e. The Morgan fingerprint density at radius 1 is 1.40 bits per heavy atom. The van der Waals surface area contributed by atoms with Crippen LogP contribution in [0.4, 0.5) is 0 Å². The first-order valence-electron chi connectivity index (χ1n) is 6.57. The van der Waals surface area contributed by atoms with Crippen LogP contribution in [0.1, 0.15) is 36.3 Å². The van der Waals surface area contributed by atoms with Gasteiger partial charge in [-0.1, -0.05) is 13.8 Å².